The highest BCUT2D eigenvalue weighted by Gasteiger charge is 2.28. The fraction of sp³-hybridized carbons (Fsp3) is 0. The minimum absolute atomic E-state index is 0.319. The van der Waals surface area contributed by atoms with Crippen molar-refractivity contribution in [2.24, 2.45) is 0 Å². The molecule has 0 spiro atoms. The largest absolute Gasteiger partial charge is 0.294 e. The van der Waals surface area contributed by atoms with Crippen LogP contribution < -0.4 is 19.6 Å². The number of hydrogen-bond donors (Lipinski definition) is 0. The zero-order chi connectivity index (χ0) is 53.2. The molecule has 0 N–H and O–H groups in total. The molecule has 0 bridgehead atoms. The van der Waals surface area contributed by atoms with E-state index in [9.17, 15) is 0 Å². The maximum atomic E-state index is 5.71. The summed E-state index contributed by atoms with van der Waals surface area (Å²) in [6, 6.07) is 106. The van der Waals surface area contributed by atoms with Crippen LogP contribution in [0.1, 0.15) is 0 Å². The maximum Gasteiger partial charge on any atom is 0.201 e. The molecule has 0 aliphatic rings. The molecular weight excluding hydrogens is 977 g/mol. The van der Waals surface area contributed by atoms with Crippen LogP contribution in [-0.2, 0) is 0 Å². The Morgan fingerprint density at radius 1 is 0.188 bits per heavy atom. The molecule has 8 heteroatoms. The van der Waals surface area contributed by atoms with Crippen LogP contribution in [-0.4, -0.2) is 19.9 Å². The Morgan fingerprint density at radius 3 is 0.625 bits per heavy atom. The molecule has 12 aromatic carbocycles. The highest BCUT2D eigenvalue weighted by atomic mass is 15.3. The number of rotatable bonds is 13. The van der Waals surface area contributed by atoms with E-state index in [1.54, 1.807) is 0 Å². The average molecular weight is 1030 g/mol. The molecule has 8 nitrogen and oxygen atoms in total. The van der Waals surface area contributed by atoms with Crippen LogP contribution in [0.3, 0.4) is 0 Å². The van der Waals surface area contributed by atoms with E-state index < -0.39 is 0 Å². The summed E-state index contributed by atoms with van der Waals surface area (Å²) in [6.07, 6.45) is 0. The first kappa shape index (κ1) is 47.5. The lowest BCUT2D eigenvalue weighted by Gasteiger charge is -2.30. The first-order chi connectivity index (χ1) is 39.7. The molecule has 14 aromatic rings. The van der Waals surface area contributed by atoms with Crippen LogP contribution in [0, 0.1) is 0 Å². The van der Waals surface area contributed by atoms with Crippen LogP contribution >= 0.6 is 0 Å². The van der Waals surface area contributed by atoms with Gasteiger partial charge >= 0.3 is 0 Å². The summed E-state index contributed by atoms with van der Waals surface area (Å²) >= 11 is 0. The Hall–Kier alpha value is -11.0. The third kappa shape index (κ3) is 8.92. The lowest BCUT2D eigenvalue weighted by molar-refractivity contribution is 1.03. The van der Waals surface area contributed by atoms with Gasteiger partial charge in [0.25, 0.3) is 0 Å². The van der Waals surface area contributed by atoms with Crippen LogP contribution in [0.2, 0.25) is 0 Å². The maximum absolute atomic E-state index is 5.71. The van der Waals surface area contributed by atoms with Gasteiger partial charge in [-0.25, -0.2) is 19.9 Å². The number of anilines is 12. The fourth-order valence-corrected chi connectivity index (χ4v) is 11.0. The molecule has 0 aliphatic carbocycles. The van der Waals surface area contributed by atoms with Crippen LogP contribution in [0.5, 0.6) is 0 Å². The standard InChI is InChI=1S/C72H50N8/c1-5-33-55(34-6-1)77(63-45-21-29-51-25-13-17-41-59(51)63)67-49-68(78(56-35-7-2-8-36-56)64-46-22-30-52-26-14-18-42-60(52)64)74-71(73-67)72-75-69(79(57-37-9-3-10-38-57)65-47-23-31-53-27-15-19-43-61(53)65)50-70(76-72)80(58-39-11-4-12-40-58)66-48-24-32-54-28-16-20-44-62(54)66/h1-50H. The quantitative estimate of drug-likeness (QED) is 0.113. The van der Waals surface area contributed by atoms with Gasteiger partial charge in [0, 0.05) is 56.4 Å². The number of aromatic nitrogens is 4. The Kier molecular flexibility index (Phi) is 12.4. The Balaban J connectivity index is 1.11. The lowest BCUT2D eigenvalue weighted by Crippen LogP contribution is -2.19. The Morgan fingerprint density at radius 2 is 0.388 bits per heavy atom. The van der Waals surface area contributed by atoms with E-state index in [0.717, 1.165) is 88.6 Å². The minimum Gasteiger partial charge on any atom is -0.294 e. The van der Waals surface area contributed by atoms with E-state index in [1.165, 1.54) is 0 Å². The van der Waals surface area contributed by atoms with Crippen molar-refractivity contribution in [2.75, 3.05) is 19.6 Å². The van der Waals surface area contributed by atoms with Crippen LogP contribution in [0.25, 0.3) is 54.7 Å². The van der Waals surface area contributed by atoms with Crippen molar-refractivity contribution in [3.05, 3.63) is 303 Å². The fourth-order valence-electron chi connectivity index (χ4n) is 11.0. The summed E-state index contributed by atoms with van der Waals surface area (Å²) in [4.78, 5) is 31.8. The van der Waals surface area contributed by atoms with Crippen molar-refractivity contribution in [3.8, 4) is 11.6 Å². The summed E-state index contributed by atoms with van der Waals surface area (Å²) in [5, 5.41) is 8.68. The highest BCUT2D eigenvalue weighted by molar-refractivity contribution is 6.03. The van der Waals surface area contributed by atoms with Gasteiger partial charge in [-0.05, 0) is 94.3 Å². The number of hydrogen-bond acceptors (Lipinski definition) is 8. The summed E-state index contributed by atoms with van der Waals surface area (Å²) in [7, 11) is 0. The monoisotopic (exact) mass is 1030 g/mol. The Labute approximate surface area is 464 Å². The van der Waals surface area contributed by atoms with Gasteiger partial charge in [-0.3, -0.25) is 19.6 Å². The normalized spacial score (nSPS) is 11.2. The molecule has 0 radical (unpaired) electrons. The molecule has 0 fully saturated rings. The van der Waals surface area contributed by atoms with Crippen molar-refractivity contribution >= 4 is 112 Å². The molecular formula is C72H50N8. The van der Waals surface area contributed by atoms with Gasteiger partial charge in [-0.2, -0.15) is 0 Å². The molecule has 0 saturated heterocycles. The first-order valence-electron chi connectivity index (χ1n) is 26.8. The third-order valence-corrected chi connectivity index (χ3v) is 14.6. The SMILES string of the molecule is c1ccc(N(c2cc(N(c3ccccc3)c3cccc4ccccc34)nc(-c3nc(N(c4ccccc4)c4cccc5ccccc45)cc(N(c4ccccc4)c4cccc5ccccc45)n3)n2)c2cccc3ccccc23)cc1. The molecule has 378 valence electrons. The molecule has 2 heterocycles. The zero-order valence-corrected chi connectivity index (χ0v) is 43.4. The van der Waals surface area contributed by atoms with Gasteiger partial charge in [0.1, 0.15) is 23.3 Å². The van der Waals surface area contributed by atoms with Gasteiger partial charge in [-0.1, -0.05) is 218 Å². The predicted molar refractivity (Wildman–Crippen MR) is 332 cm³/mol. The number of benzene rings is 12. The summed E-state index contributed by atoms with van der Waals surface area (Å²) in [5.41, 5.74) is 7.49. The molecule has 0 saturated carbocycles. The number of fused-ring (bicyclic) bond motifs is 4. The Bertz CT molecular complexity index is 3930. The number of nitrogens with zero attached hydrogens (tertiary/aromatic N) is 8. The van der Waals surface area contributed by atoms with Gasteiger partial charge in [0.05, 0.1) is 22.7 Å². The van der Waals surface area contributed by atoms with Crippen molar-refractivity contribution in [3.63, 3.8) is 0 Å². The molecule has 0 amide bonds. The third-order valence-electron chi connectivity index (χ3n) is 14.6. The summed E-state index contributed by atoms with van der Waals surface area (Å²) < 4.78 is 0. The van der Waals surface area contributed by atoms with Crippen LogP contribution in [0.15, 0.2) is 303 Å². The van der Waals surface area contributed by atoms with Gasteiger partial charge in [0.15, 0.2) is 0 Å². The van der Waals surface area contributed by atoms with Gasteiger partial charge < -0.3 is 0 Å². The van der Waals surface area contributed by atoms with E-state index in [1.807, 2.05) is 24.3 Å². The van der Waals surface area contributed by atoms with Crippen molar-refractivity contribution in [1.82, 2.24) is 19.9 Å². The van der Waals surface area contributed by atoms with Crippen molar-refractivity contribution in [1.29, 1.82) is 0 Å². The van der Waals surface area contributed by atoms with E-state index >= 15 is 0 Å². The minimum atomic E-state index is 0.319. The molecule has 14 rings (SSSR count). The van der Waals surface area contributed by atoms with Crippen molar-refractivity contribution < 1.29 is 0 Å². The number of para-hydroxylation sites is 4. The van der Waals surface area contributed by atoms with Gasteiger partial charge in [-0.15, -0.1) is 0 Å². The second kappa shape index (κ2) is 20.9. The second-order valence-electron chi connectivity index (χ2n) is 19.5. The smallest absolute Gasteiger partial charge is 0.201 e. The topological polar surface area (TPSA) is 64.5 Å². The van der Waals surface area contributed by atoms with Crippen molar-refractivity contribution in [2.45, 2.75) is 0 Å². The molecule has 0 atom stereocenters. The lowest BCUT2D eigenvalue weighted by atomic mass is 10.1. The molecule has 80 heavy (non-hydrogen) atoms. The highest BCUT2D eigenvalue weighted by Crippen LogP contribution is 2.46. The average Bonchev–Trinajstić information content (AvgIpc) is 3.68. The van der Waals surface area contributed by atoms with E-state index in [0.29, 0.717) is 34.9 Å². The molecule has 0 aliphatic heterocycles. The second-order valence-corrected chi connectivity index (χ2v) is 19.5. The molecule has 0 unspecified atom stereocenters. The van der Waals surface area contributed by atoms with E-state index in [-0.39, 0.29) is 0 Å². The predicted octanol–water partition coefficient (Wildman–Crippen LogP) is 19.4. The summed E-state index contributed by atoms with van der Waals surface area (Å²) in [5.74, 6) is 3.11. The van der Waals surface area contributed by atoms with Gasteiger partial charge in [0.2, 0.25) is 11.6 Å². The van der Waals surface area contributed by atoms with E-state index in [4.69, 9.17) is 19.9 Å². The van der Waals surface area contributed by atoms with E-state index in [2.05, 4.69) is 299 Å². The van der Waals surface area contributed by atoms with Crippen LogP contribution in [0.4, 0.5) is 68.8 Å². The summed E-state index contributed by atoms with van der Waals surface area (Å²) in [6.45, 7) is 0. The zero-order valence-electron chi connectivity index (χ0n) is 43.4. The first-order valence-corrected chi connectivity index (χ1v) is 26.8. The molecule has 2 aromatic heterocycles.